The second kappa shape index (κ2) is 7.70. The Kier molecular flexibility index (Phi) is 5.40. The zero-order valence-corrected chi connectivity index (χ0v) is 13.8. The molecule has 3 N–H and O–H groups in total. The van der Waals surface area contributed by atoms with E-state index in [1.165, 1.54) is 0 Å². The number of hydrogen-bond donors (Lipinski definition) is 3. The Hall–Kier alpha value is -2.02. The van der Waals surface area contributed by atoms with Crippen molar-refractivity contribution in [3.05, 3.63) is 65.7 Å². The third-order valence-electron chi connectivity index (χ3n) is 3.83. The third kappa shape index (κ3) is 4.29. The normalized spacial score (nSPS) is 21.3. The van der Waals surface area contributed by atoms with Gasteiger partial charge in [-0.3, -0.25) is 4.79 Å². The largest absolute Gasteiger partial charge is 0.491 e. The van der Waals surface area contributed by atoms with Crippen molar-refractivity contribution in [1.82, 2.24) is 5.32 Å². The number of ether oxygens (including phenoxy) is 1. The molecule has 2 aromatic carbocycles. The van der Waals surface area contributed by atoms with E-state index in [0.29, 0.717) is 12.2 Å². The molecule has 1 heterocycles. The first kappa shape index (κ1) is 16.8. The molecule has 24 heavy (non-hydrogen) atoms. The smallest absolute Gasteiger partial charge is 0.281 e. The zero-order valence-electron chi connectivity index (χ0n) is 13.0. The van der Waals surface area contributed by atoms with Crippen LogP contribution >= 0.6 is 11.8 Å². The quantitative estimate of drug-likeness (QED) is 0.750. The summed E-state index contributed by atoms with van der Waals surface area (Å²) in [6, 6.07) is 16.8. The summed E-state index contributed by atoms with van der Waals surface area (Å²) in [5.41, 5.74) is 1.83. The van der Waals surface area contributed by atoms with Gasteiger partial charge in [-0.25, -0.2) is 0 Å². The highest BCUT2D eigenvalue weighted by Gasteiger charge is 2.31. The van der Waals surface area contributed by atoms with Crippen molar-refractivity contribution in [3.63, 3.8) is 0 Å². The average molecular weight is 345 g/mol. The summed E-state index contributed by atoms with van der Waals surface area (Å²) in [6.07, 6.45) is -0.884. The number of carbonyl (C=O) groups excluding carboxylic acids is 1. The van der Waals surface area contributed by atoms with Crippen molar-refractivity contribution in [3.8, 4) is 5.75 Å². The molecule has 0 spiro atoms. The Balaban J connectivity index is 1.52. The number of hydrogen-bond acceptors (Lipinski definition) is 5. The van der Waals surface area contributed by atoms with Gasteiger partial charge in [0.2, 0.25) is 0 Å². The molecule has 0 saturated carbocycles. The highest BCUT2D eigenvalue weighted by atomic mass is 32.2. The molecule has 0 radical (unpaired) electrons. The monoisotopic (exact) mass is 345 g/mol. The first-order valence-corrected chi connectivity index (χ1v) is 8.60. The molecule has 6 heteroatoms. The second-order valence-electron chi connectivity index (χ2n) is 5.62. The van der Waals surface area contributed by atoms with Crippen molar-refractivity contribution in [2.45, 2.75) is 24.0 Å². The van der Waals surface area contributed by atoms with Crippen molar-refractivity contribution >= 4 is 17.0 Å². The number of thioether (sulfide) groups is 1. The van der Waals surface area contributed by atoms with E-state index in [1.54, 1.807) is 0 Å². The topological polar surface area (TPSA) is 78.8 Å². The summed E-state index contributed by atoms with van der Waals surface area (Å²) in [5, 5.41) is 21.9. The van der Waals surface area contributed by atoms with Gasteiger partial charge in [-0.05, 0) is 29.7 Å². The van der Waals surface area contributed by atoms with E-state index in [0.717, 1.165) is 22.9 Å². The molecule has 2 aromatic rings. The summed E-state index contributed by atoms with van der Waals surface area (Å²) in [7, 11) is 0. The van der Waals surface area contributed by atoms with Gasteiger partial charge in [0.1, 0.15) is 24.7 Å². The average Bonchev–Trinajstić information content (AvgIpc) is 2.92. The maximum absolute atomic E-state index is 11.2. The molecule has 126 valence electrons. The van der Waals surface area contributed by atoms with Gasteiger partial charge in [0.15, 0.2) is 0 Å². The molecule has 3 atom stereocenters. The van der Waals surface area contributed by atoms with Crippen LogP contribution in [0.5, 0.6) is 5.75 Å². The fourth-order valence-electron chi connectivity index (χ4n) is 2.50. The number of rotatable bonds is 6. The number of carbonyl (C=O) groups is 1. The van der Waals surface area contributed by atoms with Crippen LogP contribution in [-0.2, 0) is 6.42 Å². The molecule has 3 rings (SSSR count). The van der Waals surface area contributed by atoms with Crippen LogP contribution < -0.4 is 10.1 Å². The van der Waals surface area contributed by atoms with Crippen LogP contribution in [0, 0.1) is 0 Å². The minimum absolute atomic E-state index is 0.177. The van der Waals surface area contributed by atoms with Crippen LogP contribution in [0.25, 0.3) is 0 Å². The Morgan fingerprint density at radius 3 is 2.46 bits per heavy atom. The van der Waals surface area contributed by atoms with Crippen molar-refractivity contribution in [1.29, 1.82) is 0 Å². The van der Waals surface area contributed by atoms with Crippen molar-refractivity contribution in [2.24, 2.45) is 0 Å². The number of aliphatic hydroxyl groups is 2. The summed E-state index contributed by atoms with van der Waals surface area (Å²) in [6.45, 7) is 0.180. The SMILES string of the molecule is O=C1NC(O)C(Cc2ccc(OCC(O)c3ccccc3)cc2)S1. The minimum Gasteiger partial charge on any atom is -0.491 e. The molecule has 1 fully saturated rings. The van der Waals surface area contributed by atoms with Crippen LogP contribution in [0.15, 0.2) is 54.6 Å². The Morgan fingerprint density at radius 2 is 1.83 bits per heavy atom. The molecule has 1 amide bonds. The van der Waals surface area contributed by atoms with E-state index in [9.17, 15) is 15.0 Å². The van der Waals surface area contributed by atoms with E-state index in [2.05, 4.69) is 5.32 Å². The lowest BCUT2D eigenvalue weighted by Crippen LogP contribution is -2.31. The van der Waals surface area contributed by atoms with E-state index in [1.807, 2.05) is 54.6 Å². The molecule has 1 saturated heterocycles. The van der Waals surface area contributed by atoms with E-state index >= 15 is 0 Å². The maximum atomic E-state index is 11.2. The number of amides is 1. The predicted molar refractivity (Wildman–Crippen MR) is 93.0 cm³/mol. The fraction of sp³-hybridized carbons (Fsp3) is 0.278. The number of benzene rings is 2. The molecule has 0 aliphatic carbocycles. The highest BCUT2D eigenvalue weighted by Crippen LogP contribution is 2.26. The number of aliphatic hydroxyl groups excluding tert-OH is 2. The number of nitrogens with one attached hydrogen (secondary N) is 1. The molecular formula is C18H19NO4S. The Morgan fingerprint density at radius 1 is 1.12 bits per heavy atom. The van der Waals surface area contributed by atoms with Crippen LogP contribution in [0.4, 0.5) is 4.79 Å². The summed E-state index contributed by atoms with van der Waals surface area (Å²) < 4.78 is 5.61. The van der Waals surface area contributed by atoms with Gasteiger partial charge in [0.05, 0.1) is 5.25 Å². The standard InChI is InChI=1S/C18H19NO4S/c20-15(13-4-2-1-3-5-13)11-23-14-8-6-12(7-9-14)10-16-17(21)19-18(22)24-16/h1-9,15-17,20-21H,10-11H2,(H,19,22). The molecule has 1 aliphatic heterocycles. The van der Waals surface area contributed by atoms with Gasteiger partial charge < -0.3 is 20.3 Å². The van der Waals surface area contributed by atoms with E-state index in [4.69, 9.17) is 4.74 Å². The Bertz CT molecular complexity index is 677. The van der Waals surface area contributed by atoms with Gasteiger partial charge >= 0.3 is 0 Å². The van der Waals surface area contributed by atoms with Crippen LogP contribution in [0.2, 0.25) is 0 Å². The van der Waals surface area contributed by atoms with Crippen LogP contribution in [-0.4, -0.2) is 33.5 Å². The third-order valence-corrected chi connectivity index (χ3v) is 4.89. The van der Waals surface area contributed by atoms with E-state index in [-0.39, 0.29) is 17.1 Å². The summed E-state index contributed by atoms with van der Waals surface area (Å²) in [4.78, 5) is 11.2. The summed E-state index contributed by atoms with van der Waals surface area (Å²) in [5.74, 6) is 0.669. The summed E-state index contributed by atoms with van der Waals surface area (Å²) >= 11 is 1.12. The first-order valence-electron chi connectivity index (χ1n) is 7.72. The Labute approximate surface area is 144 Å². The van der Waals surface area contributed by atoms with Gasteiger partial charge in [0, 0.05) is 0 Å². The molecule has 3 unspecified atom stereocenters. The van der Waals surface area contributed by atoms with Crippen LogP contribution in [0.3, 0.4) is 0 Å². The first-order chi connectivity index (χ1) is 11.6. The lowest BCUT2D eigenvalue weighted by molar-refractivity contribution is 0.108. The molecule has 0 bridgehead atoms. The van der Waals surface area contributed by atoms with Crippen molar-refractivity contribution in [2.75, 3.05) is 6.61 Å². The van der Waals surface area contributed by atoms with Crippen molar-refractivity contribution < 1.29 is 19.7 Å². The van der Waals surface area contributed by atoms with Gasteiger partial charge in [-0.15, -0.1) is 0 Å². The second-order valence-corrected chi connectivity index (χ2v) is 6.83. The highest BCUT2D eigenvalue weighted by molar-refractivity contribution is 8.14. The molecule has 5 nitrogen and oxygen atoms in total. The minimum atomic E-state index is -0.806. The predicted octanol–water partition coefficient (Wildman–Crippen LogP) is 2.48. The lowest BCUT2D eigenvalue weighted by Gasteiger charge is -2.14. The molecular weight excluding hydrogens is 326 g/mol. The molecule has 1 aliphatic rings. The van der Waals surface area contributed by atoms with E-state index < -0.39 is 12.3 Å². The zero-order chi connectivity index (χ0) is 16.9. The molecule has 0 aromatic heterocycles. The lowest BCUT2D eigenvalue weighted by atomic mass is 10.1. The van der Waals surface area contributed by atoms with Gasteiger partial charge in [-0.2, -0.15) is 0 Å². The fourth-order valence-corrected chi connectivity index (χ4v) is 3.44. The van der Waals surface area contributed by atoms with Gasteiger partial charge in [-0.1, -0.05) is 54.2 Å². The van der Waals surface area contributed by atoms with Crippen LogP contribution in [0.1, 0.15) is 17.2 Å². The van der Waals surface area contributed by atoms with Gasteiger partial charge in [0.25, 0.3) is 5.24 Å². The maximum Gasteiger partial charge on any atom is 0.281 e.